The molecular weight excluding hydrogens is 234 g/mol. The smallest absolute Gasteiger partial charge is 0.404 e. The second-order valence-electron chi connectivity index (χ2n) is 3.59. The summed E-state index contributed by atoms with van der Waals surface area (Å²) in [5.74, 6) is 1.37. The number of rotatable bonds is 7. The molecular formula is C12H19N3O3. The summed E-state index contributed by atoms with van der Waals surface area (Å²) in [5.41, 5.74) is 0. The van der Waals surface area contributed by atoms with E-state index in [0.29, 0.717) is 5.88 Å². The predicted octanol–water partition coefficient (Wildman–Crippen LogP) is 1.57. The van der Waals surface area contributed by atoms with Crippen LogP contribution in [0.5, 0.6) is 5.88 Å². The fourth-order valence-electron chi connectivity index (χ4n) is 1.52. The number of hydrogen-bond donors (Lipinski definition) is 2. The van der Waals surface area contributed by atoms with E-state index in [0.717, 1.165) is 18.9 Å². The number of amides is 1. The lowest BCUT2D eigenvalue weighted by Crippen LogP contribution is -2.26. The largest absolute Gasteiger partial charge is 0.476 e. The van der Waals surface area contributed by atoms with E-state index in [4.69, 9.17) is 9.84 Å². The fraction of sp³-hybridized carbons (Fsp3) is 0.500. The van der Waals surface area contributed by atoms with E-state index in [1.54, 1.807) is 6.07 Å². The lowest BCUT2D eigenvalue weighted by atomic mass is 10.4. The fourth-order valence-corrected chi connectivity index (χ4v) is 1.52. The van der Waals surface area contributed by atoms with Crippen molar-refractivity contribution in [1.82, 2.24) is 10.3 Å². The quantitative estimate of drug-likeness (QED) is 0.721. The molecule has 0 spiro atoms. The molecule has 6 nitrogen and oxygen atoms in total. The Balaban J connectivity index is 2.51. The van der Waals surface area contributed by atoms with Gasteiger partial charge in [0, 0.05) is 19.2 Å². The zero-order chi connectivity index (χ0) is 13.4. The Morgan fingerprint density at radius 3 is 2.78 bits per heavy atom. The van der Waals surface area contributed by atoms with Crippen LogP contribution in [0, 0.1) is 0 Å². The van der Waals surface area contributed by atoms with Crippen molar-refractivity contribution < 1.29 is 14.6 Å². The van der Waals surface area contributed by atoms with Gasteiger partial charge in [-0.25, -0.2) is 4.79 Å². The Bertz CT molecular complexity index is 381. The van der Waals surface area contributed by atoms with E-state index >= 15 is 0 Å². The third-order valence-corrected chi connectivity index (χ3v) is 2.42. The number of ether oxygens (including phenoxy) is 1. The van der Waals surface area contributed by atoms with Crippen molar-refractivity contribution in [3.8, 4) is 5.88 Å². The molecule has 0 radical (unpaired) electrons. The summed E-state index contributed by atoms with van der Waals surface area (Å²) >= 11 is 0. The number of carbonyl (C=O) groups is 1. The van der Waals surface area contributed by atoms with Gasteiger partial charge in [0.25, 0.3) is 0 Å². The van der Waals surface area contributed by atoms with Gasteiger partial charge in [-0.05, 0) is 19.9 Å². The van der Waals surface area contributed by atoms with Gasteiger partial charge in [0.05, 0.1) is 6.54 Å². The maximum absolute atomic E-state index is 10.2. The molecule has 0 saturated carbocycles. The van der Waals surface area contributed by atoms with Gasteiger partial charge in [0.2, 0.25) is 5.88 Å². The summed E-state index contributed by atoms with van der Waals surface area (Å²) < 4.78 is 5.37. The molecule has 1 amide bonds. The minimum absolute atomic E-state index is 0.243. The summed E-state index contributed by atoms with van der Waals surface area (Å²) in [6.07, 6.45) is -1.05. The lowest BCUT2D eigenvalue weighted by molar-refractivity contribution is 0.190. The van der Waals surface area contributed by atoms with Gasteiger partial charge in [-0.15, -0.1) is 0 Å². The van der Waals surface area contributed by atoms with E-state index in [1.165, 1.54) is 0 Å². The molecule has 0 aliphatic heterocycles. The number of aromatic nitrogens is 1. The summed E-state index contributed by atoms with van der Waals surface area (Å²) in [6, 6.07) is 5.56. The maximum atomic E-state index is 10.2. The average molecular weight is 253 g/mol. The maximum Gasteiger partial charge on any atom is 0.404 e. The molecule has 0 fully saturated rings. The average Bonchev–Trinajstić information content (AvgIpc) is 2.36. The lowest BCUT2D eigenvalue weighted by Gasteiger charge is -2.20. The van der Waals surface area contributed by atoms with Crippen molar-refractivity contribution in [2.45, 2.75) is 13.8 Å². The van der Waals surface area contributed by atoms with Crippen molar-refractivity contribution in [2.24, 2.45) is 0 Å². The predicted molar refractivity (Wildman–Crippen MR) is 69.3 cm³/mol. The summed E-state index contributed by atoms with van der Waals surface area (Å²) in [6.45, 7) is 6.40. The Labute approximate surface area is 107 Å². The van der Waals surface area contributed by atoms with Gasteiger partial charge < -0.3 is 20.1 Å². The van der Waals surface area contributed by atoms with Gasteiger partial charge >= 0.3 is 6.09 Å². The minimum atomic E-state index is -1.05. The minimum Gasteiger partial charge on any atom is -0.476 e. The summed E-state index contributed by atoms with van der Waals surface area (Å²) in [7, 11) is 0. The van der Waals surface area contributed by atoms with Crippen LogP contribution in [0.15, 0.2) is 18.2 Å². The van der Waals surface area contributed by atoms with Crippen LogP contribution in [0.4, 0.5) is 10.6 Å². The van der Waals surface area contributed by atoms with Crippen LogP contribution in [-0.4, -0.2) is 42.4 Å². The zero-order valence-electron chi connectivity index (χ0n) is 10.7. The molecule has 0 bridgehead atoms. The van der Waals surface area contributed by atoms with Gasteiger partial charge in [-0.2, -0.15) is 4.98 Å². The summed E-state index contributed by atoms with van der Waals surface area (Å²) in [5, 5.41) is 10.6. The first-order chi connectivity index (χ1) is 8.67. The number of pyridine rings is 1. The van der Waals surface area contributed by atoms with Crippen LogP contribution in [0.25, 0.3) is 0 Å². The van der Waals surface area contributed by atoms with Crippen LogP contribution in [0.3, 0.4) is 0 Å². The molecule has 100 valence electrons. The van der Waals surface area contributed by atoms with Crippen LogP contribution in [0.1, 0.15) is 13.8 Å². The first kappa shape index (κ1) is 14.1. The standard InChI is InChI=1S/C12H19N3O3/c1-3-15(4-2)10-6-5-7-11(14-10)18-9-8-13-12(16)17/h5-7,13H,3-4,8-9H2,1-2H3,(H,16,17). The molecule has 0 aliphatic rings. The molecule has 1 aromatic rings. The molecule has 0 aliphatic carbocycles. The second kappa shape index (κ2) is 7.37. The normalized spacial score (nSPS) is 9.89. The van der Waals surface area contributed by atoms with E-state index in [1.807, 2.05) is 12.1 Å². The molecule has 1 heterocycles. The Hall–Kier alpha value is -1.98. The molecule has 1 rings (SSSR count). The molecule has 18 heavy (non-hydrogen) atoms. The highest BCUT2D eigenvalue weighted by Crippen LogP contribution is 2.15. The number of nitrogens with zero attached hydrogens (tertiary/aromatic N) is 2. The molecule has 2 N–H and O–H groups in total. The summed E-state index contributed by atoms with van der Waals surface area (Å²) in [4.78, 5) is 16.7. The number of hydrogen-bond acceptors (Lipinski definition) is 4. The highest BCUT2D eigenvalue weighted by molar-refractivity contribution is 5.64. The van der Waals surface area contributed by atoms with Crippen molar-refractivity contribution >= 4 is 11.9 Å². The molecule has 0 unspecified atom stereocenters. The van der Waals surface area contributed by atoms with Crippen LogP contribution in [-0.2, 0) is 0 Å². The molecule has 0 saturated heterocycles. The monoisotopic (exact) mass is 253 g/mol. The Morgan fingerprint density at radius 1 is 1.44 bits per heavy atom. The van der Waals surface area contributed by atoms with Gasteiger partial charge in [-0.3, -0.25) is 0 Å². The number of carboxylic acid groups (broad SMARTS) is 1. The molecule has 0 atom stereocenters. The Kier molecular flexibility index (Phi) is 5.76. The van der Waals surface area contributed by atoms with Crippen molar-refractivity contribution in [3.05, 3.63) is 18.2 Å². The second-order valence-corrected chi connectivity index (χ2v) is 3.59. The van der Waals surface area contributed by atoms with Crippen LogP contribution >= 0.6 is 0 Å². The first-order valence-electron chi connectivity index (χ1n) is 5.99. The molecule has 0 aromatic carbocycles. The van der Waals surface area contributed by atoms with E-state index in [2.05, 4.69) is 29.0 Å². The van der Waals surface area contributed by atoms with E-state index in [9.17, 15) is 4.79 Å². The van der Waals surface area contributed by atoms with E-state index in [-0.39, 0.29) is 13.2 Å². The third kappa shape index (κ3) is 4.48. The van der Waals surface area contributed by atoms with Gasteiger partial charge in [0.1, 0.15) is 12.4 Å². The number of nitrogens with one attached hydrogen (secondary N) is 1. The highest BCUT2D eigenvalue weighted by Gasteiger charge is 2.04. The third-order valence-electron chi connectivity index (χ3n) is 2.42. The topological polar surface area (TPSA) is 74.7 Å². The van der Waals surface area contributed by atoms with Gasteiger partial charge in [0.15, 0.2) is 0 Å². The molecule has 6 heteroatoms. The van der Waals surface area contributed by atoms with Gasteiger partial charge in [-0.1, -0.05) is 6.07 Å². The number of anilines is 1. The van der Waals surface area contributed by atoms with Crippen LogP contribution < -0.4 is 15.0 Å². The first-order valence-corrected chi connectivity index (χ1v) is 5.99. The highest BCUT2D eigenvalue weighted by atomic mass is 16.5. The van der Waals surface area contributed by atoms with Crippen LogP contribution in [0.2, 0.25) is 0 Å². The zero-order valence-corrected chi connectivity index (χ0v) is 10.7. The SMILES string of the molecule is CCN(CC)c1cccc(OCCNC(=O)O)n1. The van der Waals surface area contributed by atoms with Crippen molar-refractivity contribution in [3.63, 3.8) is 0 Å². The van der Waals surface area contributed by atoms with Crippen molar-refractivity contribution in [1.29, 1.82) is 0 Å². The van der Waals surface area contributed by atoms with Crippen molar-refractivity contribution in [2.75, 3.05) is 31.1 Å². The Morgan fingerprint density at radius 2 is 2.17 bits per heavy atom. The molecule has 1 aromatic heterocycles. The van der Waals surface area contributed by atoms with E-state index < -0.39 is 6.09 Å².